The van der Waals surface area contributed by atoms with Crippen LogP contribution in [0.3, 0.4) is 0 Å². The topological polar surface area (TPSA) is 34.9 Å². The molecular weight excluding hydrogens is 253 g/mol. The summed E-state index contributed by atoms with van der Waals surface area (Å²) in [6.07, 6.45) is 1.58. The van der Waals surface area contributed by atoms with Gasteiger partial charge in [0.05, 0.1) is 23.5 Å². The van der Waals surface area contributed by atoms with Crippen LogP contribution in [0.4, 0.5) is 0 Å². The third-order valence-corrected chi connectivity index (χ3v) is 3.05. The Balaban J connectivity index is 2.82. The molecule has 2 aromatic rings. The van der Waals surface area contributed by atoms with Crippen LogP contribution in [-0.4, -0.2) is 56.6 Å². The maximum absolute atomic E-state index is 12.4. The number of nitrogens with zero attached hydrogens (tertiary/aromatic N) is 2. The van der Waals surface area contributed by atoms with Crippen LogP contribution >= 0.6 is 0 Å². The molecule has 0 aromatic carbocycles. The zero-order chi connectivity index (χ0) is 15.9. The van der Waals surface area contributed by atoms with Gasteiger partial charge in [0.25, 0.3) is 0 Å². The van der Waals surface area contributed by atoms with Crippen molar-refractivity contribution >= 4 is 63.6 Å². The molecule has 2 heterocycles. The molecule has 0 fully saturated rings. The number of pyridine rings is 2. The Hall–Kier alpha value is -1.51. The van der Waals surface area contributed by atoms with E-state index in [9.17, 15) is 4.79 Å². The van der Waals surface area contributed by atoms with E-state index in [-0.39, 0.29) is 27.9 Å². The third-order valence-electron chi connectivity index (χ3n) is 3.05. The van der Waals surface area contributed by atoms with Gasteiger partial charge in [-0.2, -0.15) is 0 Å². The Kier molecular flexibility index (Phi) is 4.05. The van der Waals surface area contributed by atoms with Crippen molar-refractivity contribution in [1.82, 2.24) is 9.55 Å². The largest absolute Gasteiger partial charge is 0.277 e. The van der Waals surface area contributed by atoms with Gasteiger partial charge in [-0.25, -0.2) is 4.98 Å². The van der Waals surface area contributed by atoms with Gasteiger partial charge < -0.3 is 0 Å². The SMILES string of the molecule is [B]c1c(C([B])([B])[B])c([B])c(=O)n(-c2ccc(C)cn2)c1[B]. The van der Waals surface area contributed by atoms with Gasteiger partial charge in [0, 0.05) is 6.20 Å². The van der Waals surface area contributed by atoms with E-state index in [0.717, 1.165) is 10.1 Å². The summed E-state index contributed by atoms with van der Waals surface area (Å²) < 4.78 is 1.08. The van der Waals surface area contributed by atoms with E-state index in [0.29, 0.717) is 0 Å². The van der Waals surface area contributed by atoms with Gasteiger partial charge in [0.1, 0.15) is 29.4 Å². The summed E-state index contributed by atoms with van der Waals surface area (Å²) in [6, 6.07) is 3.39. The second-order valence-electron chi connectivity index (χ2n) is 4.85. The molecule has 0 saturated carbocycles. The molecule has 88 valence electrons. The fourth-order valence-electron chi connectivity index (χ4n) is 2.02. The molecule has 12 radical (unpaired) electrons. The van der Waals surface area contributed by atoms with Crippen LogP contribution in [0.2, 0.25) is 0 Å². The first-order valence-corrected chi connectivity index (χ1v) is 6.04. The van der Waals surface area contributed by atoms with E-state index >= 15 is 0 Å². The maximum atomic E-state index is 12.4. The molecule has 0 bridgehead atoms. The smallest absolute Gasteiger partial charge is 0.248 e. The lowest BCUT2D eigenvalue weighted by Crippen LogP contribution is -2.56. The van der Waals surface area contributed by atoms with Gasteiger partial charge in [-0.15, -0.1) is 5.11 Å². The van der Waals surface area contributed by atoms with Gasteiger partial charge in [-0.05, 0) is 29.6 Å². The van der Waals surface area contributed by atoms with Crippen LogP contribution in [0.25, 0.3) is 5.82 Å². The van der Waals surface area contributed by atoms with E-state index in [2.05, 4.69) is 4.98 Å². The van der Waals surface area contributed by atoms with Crippen molar-refractivity contribution in [2.45, 2.75) is 12.0 Å². The van der Waals surface area contributed by atoms with Crippen LogP contribution in [0.5, 0.6) is 0 Å². The van der Waals surface area contributed by atoms with Crippen molar-refractivity contribution in [2.24, 2.45) is 0 Å². The van der Waals surface area contributed by atoms with Crippen LogP contribution in [0.1, 0.15) is 11.1 Å². The average molecular weight is 259 g/mol. The predicted octanol–water partition coefficient (Wildman–Crippen LogP) is -3.46. The molecule has 0 N–H and O–H groups in total. The zero-order valence-electron chi connectivity index (χ0n) is 11.5. The molecule has 0 unspecified atom stereocenters. The van der Waals surface area contributed by atoms with Gasteiger partial charge in [0.2, 0.25) is 5.56 Å². The van der Waals surface area contributed by atoms with Crippen LogP contribution < -0.4 is 22.1 Å². The van der Waals surface area contributed by atoms with Gasteiger partial charge >= 0.3 is 0 Å². The van der Waals surface area contributed by atoms with E-state index < -0.39 is 10.7 Å². The lowest BCUT2D eigenvalue weighted by atomic mass is 9.37. The van der Waals surface area contributed by atoms with Crippen molar-refractivity contribution < 1.29 is 0 Å². The number of aryl methyl sites for hydroxylation is 1. The summed E-state index contributed by atoms with van der Waals surface area (Å²) >= 11 is 0. The Morgan fingerprint density at radius 3 is 2.19 bits per heavy atom. The Morgan fingerprint density at radius 1 is 1.10 bits per heavy atom. The van der Waals surface area contributed by atoms with Crippen molar-refractivity contribution in [2.75, 3.05) is 0 Å². The highest BCUT2D eigenvalue weighted by Gasteiger charge is 2.22. The van der Waals surface area contributed by atoms with Crippen molar-refractivity contribution in [1.29, 1.82) is 0 Å². The predicted molar refractivity (Wildman–Crippen MR) is 89.7 cm³/mol. The molecular formula is C12H6B6N2O. The molecule has 2 rings (SSSR count). The van der Waals surface area contributed by atoms with Gasteiger partial charge in [-0.1, -0.05) is 17.1 Å². The number of hydrogen-bond donors (Lipinski definition) is 0. The average Bonchev–Trinajstić information content (AvgIpc) is 2.37. The standard InChI is InChI=1S/C12H6B6N2O/c1-5-2-3-6(19-4-5)20-10(15)8(13)7(12(16,17)18)9(14)11(20)21/h2-4H,1H3. The molecule has 0 saturated heterocycles. The van der Waals surface area contributed by atoms with E-state index in [1.54, 1.807) is 18.3 Å². The maximum Gasteiger partial charge on any atom is 0.248 e. The van der Waals surface area contributed by atoms with E-state index in [1.165, 1.54) is 0 Å². The number of rotatable bonds is 2. The van der Waals surface area contributed by atoms with Crippen LogP contribution in [0, 0.1) is 6.92 Å². The Bertz CT molecular complexity index is 748. The lowest BCUT2D eigenvalue weighted by Gasteiger charge is -2.29. The van der Waals surface area contributed by atoms with Crippen LogP contribution in [0.15, 0.2) is 23.1 Å². The monoisotopic (exact) mass is 260 g/mol. The first kappa shape index (κ1) is 15.9. The summed E-state index contributed by atoms with van der Waals surface area (Å²) in [6.45, 7) is 1.86. The summed E-state index contributed by atoms with van der Waals surface area (Å²) in [5, 5.41) is -1.87. The summed E-state index contributed by atoms with van der Waals surface area (Å²) in [5.74, 6) is 0.282. The minimum absolute atomic E-state index is 0.0537. The lowest BCUT2D eigenvalue weighted by molar-refractivity contribution is 0.972. The molecule has 2 aromatic heterocycles. The molecule has 9 heteroatoms. The number of hydrogen-bond acceptors (Lipinski definition) is 2. The molecule has 0 amide bonds. The van der Waals surface area contributed by atoms with E-state index in [4.69, 9.17) is 47.1 Å². The molecule has 0 aliphatic heterocycles. The molecule has 0 spiro atoms. The molecule has 0 aliphatic rings. The van der Waals surface area contributed by atoms with Crippen molar-refractivity contribution in [3.05, 3.63) is 39.8 Å². The first-order valence-electron chi connectivity index (χ1n) is 6.04. The fraction of sp³-hybridized carbons (Fsp3) is 0.167. The summed E-state index contributed by atoms with van der Waals surface area (Å²) in [4.78, 5) is 16.5. The highest BCUT2D eigenvalue weighted by molar-refractivity contribution is 6.62. The summed E-state index contributed by atoms with van der Waals surface area (Å²) in [7, 11) is 34.3. The summed E-state index contributed by atoms with van der Waals surface area (Å²) in [5.41, 5.74) is -0.204. The highest BCUT2D eigenvalue weighted by Crippen LogP contribution is 2.06. The molecule has 0 aliphatic carbocycles. The van der Waals surface area contributed by atoms with Gasteiger partial charge in [0.15, 0.2) is 0 Å². The quantitative estimate of drug-likeness (QED) is 0.525. The highest BCUT2D eigenvalue weighted by atomic mass is 16.1. The second-order valence-corrected chi connectivity index (χ2v) is 4.85. The molecule has 3 nitrogen and oxygen atoms in total. The number of aromatic nitrogens is 2. The fourth-order valence-corrected chi connectivity index (χ4v) is 2.02. The van der Waals surface area contributed by atoms with Crippen molar-refractivity contribution in [3.63, 3.8) is 0 Å². The minimum Gasteiger partial charge on any atom is -0.277 e. The molecule has 21 heavy (non-hydrogen) atoms. The van der Waals surface area contributed by atoms with E-state index in [1.807, 2.05) is 6.92 Å². The van der Waals surface area contributed by atoms with Crippen molar-refractivity contribution in [3.8, 4) is 5.82 Å². The normalized spacial score (nSPS) is 11.5. The second kappa shape index (κ2) is 5.36. The van der Waals surface area contributed by atoms with Crippen LogP contribution in [-0.2, 0) is 5.11 Å². The van der Waals surface area contributed by atoms with Gasteiger partial charge in [-0.3, -0.25) is 9.36 Å². The zero-order valence-corrected chi connectivity index (χ0v) is 11.5. The minimum atomic E-state index is -1.87. The third kappa shape index (κ3) is 2.78. The molecule has 0 atom stereocenters. The Morgan fingerprint density at radius 2 is 1.71 bits per heavy atom. The Labute approximate surface area is 131 Å². The first-order chi connectivity index (χ1) is 9.64.